The summed E-state index contributed by atoms with van der Waals surface area (Å²) < 4.78 is 0. The highest BCUT2D eigenvalue weighted by Gasteiger charge is 2.34. The maximum atomic E-state index is 11.1. The van der Waals surface area contributed by atoms with Gasteiger partial charge in [-0.2, -0.15) is 0 Å². The van der Waals surface area contributed by atoms with Crippen molar-refractivity contribution in [1.29, 1.82) is 0 Å². The molecule has 0 aromatic carbocycles. The number of nitrogens with one attached hydrogen (secondary N) is 1. The molecule has 1 rings (SSSR count). The van der Waals surface area contributed by atoms with Crippen LogP contribution >= 0.6 is 0 Å². The third kappa shape index (κ3) is 2.21. The van der Waals surface area contributed by atoms with Crippen molar-refractivity contribution in [2.24, 2.45) is 0 Å². The monoisotopic (exact) mass is 225 g/mol. The zero-order chi connectivity index (χ0) is 12.3. The molecular formula is C10H15N3O3. The van der Waals surface area contributed by atoms with Gasteiger partial charge in [-0.05, 0) is 20.8 Å². The highest BCUT2D eigenvalue weighted by molar-refractivity contribution is 5.82. The van der Waals surface area contributed by atoms with Crippen LogP contribution in [0, 0.1) is 0 Å². The minimum Gasteiger partial charge on any atom is -0.480 e. The lowest BCUT2D eigenvalue weighted by atomic mass is 10.0. The molecule has 0 amide bonds. The Labute approximate surface area is 92.9 Å². The van der Waals surface area contributed by atoms with Crippen molar-refractivity contribution in [3.63, 3.8) is 0 Å². The average Bonchev–Trinajstić information content (AvgIpc) is 2.18. The van der Waals surface area contributed by atoms with Crippen LogP contribution < -0.4 is 10.5 Å². The first-order chi connectivity index (χ1) is 7.39. The molecular weight excluding hydrogens is 210 g/mol. The van der Waals surface area contributed by atoms with Gasteiger partial charge in [-0.1, -0.05) is 0 Å². The predicted octanol–water partition coefficient (Wildman–Crippen LogP) is 0.459. The molecule has 6 heteroatoms. The zero-order valence-electron chi connectivity index (χ0n) is 9.52. The fourth-order valence-corrected chi connectivity index (χ4v) is 1.46. The van der Waals surface area contributed by atoms with E-state index in [2.05, 4.69) is 9.97 Å². The van der Waals surface area contributed by atoms with Crippen molar-refractivity contribution in [2.45, 2.75) is 26.3 Å². The fraction of sp³-hybridized carbons (Fsp3) is 0.500. The summed E-state index contributed by atoms with van der Waals surface area (Å²) in [7, 11) is 0. The summed E-state index contributed by atoms with van der Waals surface area (Å²) in [6.07, 6.45) is 1.26. The van der Waals surface area contributed by atoms with Gasteiger partial charge in [0, 0.05) is 12.6 Å². The summed E-state index contributed by atoms with van der Waals surface area (Å²) in [6, 6.07) is 1.29. The molecule has 2 N–H and O–H groups in total. The highest BCUT2D eigenvalue weighted by Crippen LogP contribution is 2.20. The fourth-order valence-electron chi connectivity index (χ4n) is 1.46. The summed E-state index contributed by atoms with van der Waals surface area (Å²) in [5.74, 6) is -0.602. The Kier molecular flexibility index (Phi) is 3.31. The maximum absolute atomic E-state index is 11.1. The molecule has 1 aromatic rings. The number of nitrogens with zero attached hydrogens (tertiary/aromatic N) is 2. The van der Waals surface area contributed by atoms with Crippen molar-refractivity contribution in [3.05, 3.63) is 22.7 Å². The SMILES string of the molecule is CCN(c1cc(=O)[nH]cn1)C(C)(C)C(=O)O. The molecule has 0 bridgehead atoms. The topological polar surface area (TPSA) is 86.3 Å². The zero-order valence-corrected chi connectivity index (χ0v) is 9.52. The minimum atomic E-state index is -1.10. The van der Waals surface area contributed by atoms with E-state index < -0.39 is 11.5 Å². The molecule has 1 aromatic heterocycles. The Balaban J connectivity index is 3.18. The van der Waals surface area contributed by atoms with E-state index in [9.17, 15) is 9.59 Å². The van der Waals surface area contributed by atoms with Gasteiger partial charge in [0.15, 0.2) is 0 Å². The summed E-state index contributed by atoms with van der Waals surface area (Å²) in [6.45, 7) is 5.41. The number of carbonyl (C=O) groups is 1. The van der Waals surface area contributed by atoms with E-state index in [0.717, 1.165) is 0 Å². The molecule has 0 aliphatic heterocycles. The first kappa shape index (κ1) is 12.2. The molecule has 0 aliphatic carbocycles. The van der Waals surface area contributed by atoms with E-state index in [4.69, 9.17) is 5.11 Å². The largest absolute Gasteiger partial charge is 0.480 e. The molecule has 0 unspecified atom stereocenters. The van der Waals surface area contributed by atoms with Crippen molar-refractivity contribution < 1.29 is 9.90 Å². The van der Waals surface area contributed by atoms with Gasteiger partial charge in [0.05, 0.1) is 6.33 Å². The molecule has 0 aliphatic rings. The number of hydrogen-bond donors (Lipinski definition) is 2. The van der Waals surface area contributed by atoms with Gasteiger partial charge in [-0.3, -0.25) is 4.79 Å². The van der Waals surface area contributed by atoms with Crippen LogP contribution in [0.4, 0.5) is 5.82 Å². The second-order valence-corrected chi connectivity index (χ2v) is 3.88. The molecule has 0 spiro atoms. The Morgan fingerprint density at radius 3 is 2.69 bits per heavy atom. The van der Waals surface area contributed by atoms with Crippen molar-refractivity contribution in [3.8, 4) is 0 Å². The maximum Gasteiger partial charge on any atom is 0.328 e. The van der Waals surface area contributed by atoms with Crippen LogP contribution in [0.3, 0.4) is 0 Å². The molecule has 0 saturated carbocycles. The molecule has 6 nitrogen and oxygen atoms in total. The van der Waals surface area contributed by atoms with Crippen molar-refractivity contribution >= 4 is 11.8 Å². The number of aliphatic carboxylic acids is 1. The summed E-state index contributed by atoms with van der Waals surface area (Å²) >= 11 is 0. The lowest BCUT2D eigenvalue weighted by molar-refractivity contribution is -0.142. The molecule has 0 atom stereocenters. The number of rotatable bonds is 4. The van der Waals surface area contributed by atoms with E-state index in [1.807, 2.05) is 6.92 Å². The van der Waals surface area contributed by atoms with E-state index >= 15 is 0 Å². The number of likely N-dealkylation sites (N-methyl/N-ethyl adjacent to an activating group) is 1. The number of carboxylic acids is 1. The van der Waals surface area contributed by atoms with Gasteiger partial charge in [0.25, 0.3) is 5.56 Å². The summed E-state index contributed by atoms with van der Waals surface area (Å²) in [5.41, 5.74) is -1.40. The number of aromatic amines is 1. The Hall–Kier alpha value is -1.85. The van der Waals surface area contributed by atoms with Crippen LogP contribution in [0.5, 0.6) is 0 Å². The standard InChI is InChI=1S/C10H15N3O3/c1-4-13(10(2,3)9(15)16)7-5-8(14)12-6-11-7/h5-6H,4H2,1-3H3,(H,15,16)(H,11,12,14). The van der Waals surface area contributed by atoms with Gasteiger partial charge < -0.3 is 15.0 Å². The Bertz CT molecular complexity index is 439. The van der Waals surface area contributed by atoms with Crippen LogP contribution in [0.25, 0.3) is 0 Å². The third-order valence-corrected chi connectivity index (χ3v) is 2.45. The van der Waals surface area contributed by atoms with Crippen LogP contribution in [-0.2, 0) is 4.79 Å². The van der Waals surface area contributed by atoms with Gasteiger partial charge >= 0.3 is 5.97 Å². The molecule has 0 radical (unpaired) electrons. The van der Waals surface area contributed by atoms with Crippen LogP contribution in [0.2, 0.25) is 0 Å². The van der Waals surface area contributed by atoms with E-state index in [1.54, 1.807) is 18.7 Å². The minimum absolute atomic E-state index is 0.301. The number of anilines is 1. The molecule has 16 heavy (non-hydrogen) atoms. The molecule has 0 saturated heterocycles. The second-order valence-electron chi connectivity index (χ2n) is 3.88. The Morgan fingerprint density at radius 1 is 1.62 bits per heavy atom. The molecule has 1 heterocycles. The highest BCUT2D eigenvalue weighted by atomic mass is 16.4. The summed E-state index contributed by atoms with van der Waals surface area (Å²) in [4.78, 5) is 30.2. The van der Waals surface area contributed by atoms with E-state index in [1.165, 1.54) is 12.4 Å². The number of aromatic nitrogens is 2. The van der Waals surface area contributed by atoms with Crippen molar-refractivity contribution in [2.75, 3.05) is 11.4 Å². The number of H-pyrrole nitrogens is 1. The van der Waals surface area contributed by atoms with Gasteiger partial charge in [0.1, 0.15) is 11.4 Å². The van der Waals surface area contributed by atoms with E-state index in [-0.39, 0.29) is 5.56 Å². The normalized spacial score (nSPS) is 11.2. The van der Waals surface area contributed by atoms with Gasteiger partial charge in [-0.25, -0.2) is 9.78 Å². The average molecular weight is 225 g/mol. The van der Waals surface area contributed by atoms with Crippen molar-refractivity contribution in [1.82, 2.24) is 9.97 Å². The second kappa shape index (κ2) is 4.34. The van der Waals surface area contributed by atoms with Crippen LogP contribution in [0.15, 0.2) is 17.2 Å². The van der Waals surface area contributed by atoms with Gasteiger partial charge in [0.2, 0.25) is 0 Å². The first-order valence-corrected chi connectivity index (χ1v) is 4.95. The number of hydrogen-bond acceptors (Lipinski definition) is 4. The van der Waals surface area contributed by atoms with Crippen LogP contribution in [-0.4, -0.2) is 33.1 Å². The smallest absolute Gasteiger partial charge is 0.328 e. The lowest BCUT2D eigenvalue weighted by Crippen LogP contribution is -2.51. The van der Waals surface area contributed by atoms with E-state index in [0.29, 0.717) is 12.4 Å². The Morgan fingerprint density at radius 2 is 2.25 bits per heavy atom. The molecule has 0 fully saturated rings. The number of carboxylic acid groups (broad SMARTS) is 1. The van der Waals surface area contributed by atoms with Crippen LogP contribution in [0.1, 0.15) is 20.8 Å². The quantitative estimate of drug-likeness (QED) is 0.777. The lowest BCUT2D eigenvalue weighted by Gasteiger charge is -2.34. The predicted molar refractivity (Wildman–Crippen MR) is 59.6 cm³/mol. The summed E-state index contributed by atoms with van der Waals surface area (Å²) in [5, 5.41) is 9.12. The molecule has 88 valence electrons. The third-order valence-electron chi connectivity index (χ3n) is 2.45. The van der Waals surface area contributed by atoms with Gasteiger partial charge in [-0.15, -0.1) is 0 Å². The first-order valence-electron chi connectivity index (χ1n) is 4.95.